The van der Waals surface area contributed by atoms with Gasteiger partial charge in [0.15, 0.2) is 0 Å². The molecule has 0 aliphatic carbocycles. The number of amides is 1. The van der Waals surface area contributed by atoms with E-state index < -0.39 is 6.04 Å². The molecule has 0 aliphatic rings. The second-order valence-corrected chi connectivity index (χ2v) is 4.81. The van der Waals surface area contributed by atoms with Gasteiger partial charge >= 0.3 is 0 Å². The van der Waals surface area contributed by atoms with Crippen LogP contribution in [0.4, 0.5) is 5.69 Å². The van der Waals surface area contributed by atoms with Crippen LogP contribution in [0.3, 0.4) is 0 Å². The second-order valence-electron chi connectivity index (χ2n) is 4.81. The van der Waals surface area contributed by atoms with Gasteiger partial charge in [-0.2, -0.15) is 0 Å². The molecular formula is C17H20N2O2. The monoisotopic (exact) mass is 284 g/mol. The van der Waals surface area contributed by atoms with Crippen LogP contribution >= 0.6 is 0 Å². The van der Waals surface area contributed by atoms with Crippen molar-refractivity contribution in [2.45, 2.75) is 12.6 Å². The van der Waals surface area contributed by atoms with Crippen LogP contribution in [-0.4, -0.2) is 25.7 Å². The Hall–Kier alpha value is -2.17. The summed E-state index contributed by atoms with van der Waals surface area (Å²) in [4.78, 5) is 14.3. The van der Waals surface area contributed by atoms with Crippen molar-refractivity contribution in [3.05, 3.63) is 66.2 Å². The Morgan fingerprint density at radius 1 is 1.10 bits per heavy atom. The van der Waals surface area contributed by atoms with Gasteiger partial charge in [-0.05, 0) is 17.7 Å². The van der Waals surface area contributed by atoms with Gasteiger partial charge in [0.25, 0.3) is 0 Å². The van der Waals surface area contributed by atoms with E-state index in [4.69, 9.17) is 10.5 Å². The van der Waals surface area contributed by atoms with Crippen LogP contribution < -0.4 is 10.6 Å². The Morgan fingerprint density at radius 3 is 2.24 bits per heavy atom. The number of methoxy groups -OCH3 is 1. The van der Waals surface area contributed by atoms with E-state index in [1.54, 1.807) is 4.90 Å². The molecule has 0 spiro atoms. The number of anilines is 1. The van der Waals surface area contributed by atoms with E-state index in [-0.39, 0.29) is 12.5 Å². The molecule has 2 aromatic carbocycles. The molecular weight excluding hydrogens is 264 g/mol. The van der Waals surface area contributed by atoms with Gasteiger partial charge in [0.05, 0.1) is 13.2 Å². The molecule has 0 fully saturated rings. The number of nitrogens with zero attached hydrogens (tertiary/aromatic N) is 1. The van der Waals surface area contributed by atoms with Gasteiger partial charge in [0.2, 0.25) is 5.91 Å². The van der Waals surface area contributed by atoms with Crippen LogP contribution in [0.5, 0.6) is 0 Å². The maximum Gasteiger partial charge on any atom is 0.246 e. The third-order valence-electron chi connectivity index (χ3n) is 3.18. The van der Waals surface area contributed by atoms with E-state index in [0.29, 0.717) is 6.54 Å². The van der Waals surface area contributed by atoms with Crippen LogP contribution in [0.25, 0.3) is 0 Å². The van der Waals surface area contributed by atoms with Gasteiger partial charge in [-0.25, -0.2) is 0 Å². The zero-order chi connectivity index (χ0) is 15.1. The average Bonchev–Trinajstić information content (AvgIpc) is 2.54. The van der Waals surface area contributed by atoms with Crippen molar-refractivity contribution in [3.63, 3.8) is 0 Å². The fourth-order valence-electron chi connectivity index (χ4n) is 2.12. The van der Waals surface area contributed by atoms with E-state index in [1.165, 1.54) is 7.11 Å². The molecule has 21 heavy (non-hydrogen) atoms. The zero-order valence-corrected chi connectivity index (χ0v) is 12.1. The number of nitrogens with two attached hydrogens (primary N) is 1. The van der Waals surface area contributed by atoms with Gasteiger partial charge < -0.3 is 15.4 Å². The number of ether oxygens (including phenoxy) is 1. The smallest absolute Gasteiger partial charge is 0.246 e. The normalized spacial score (nSPS) is 11.9. The summed E-state index contributed by atoms with van der Waals surface area (Å²) in [5.41, 5.74) is 7.79. The molecule has 4 heteroatoms. The van der Waals surface area contributed by atoms with Gasteiger partial charge in [-0.3, -0.25) is 4.79 Å². The van der Waals surface area contributed by atoms with Crippen molar-refractivity contribution in [3.8, 4) is 0 Å². The molecule has 0 saturated heterocycles. The Morgan fingerprint density at radius 2 is 1.67 bits per heavy atom. The summed E-state index contributed by atoms with van der Waals surface area (Å²) in [6.07, 6.45) is 0. The Bertz CT molecular complexity index is 558. The number of hydrogen-bond acceptors (Lipinski definition) is 3. The van der Waals surface area contributed by atoms with Crippen molar-refractivity contribution in [2.24, 2.45) is 5.73 Å². The molecule has 0 saturated carbocycles. The van der Waals surface area contributed by atoms with Crippen molar-refractivity contribution in [2.75, 3.05) is 18.6 Å². The quantitative estimate of drug-likeness (QED) is 0.884. The largest absolute Gasteiger partial charge is 0.383 e. The molecule has 1 atom stereocenters. The molecule has 2 N–H and O–H groups in total. The minimum Gasteiger partial charge on any atom is -0.383 e. The first kappa shape index (κ1) is 15.2. The van der Waals surface area contributed by atoms with E-state index in [9.17, 15) is 4.79 Å². The van der Waals surface area contributed by atoms with E-state index >= 15 is 0 Å². The molecule has 0 aromatic heterocycles. The number of hydrogen-bond donors (Lipinski definition) is 1. The summed E-state index contributed by atoms with van der Waals surface area (Å²) in [6.45, 7) is 0.693. The standard InChI is InChI=1S/C17H20N2O2/c1-21-13-16(18)17(20)19(15-10-6-3-7-11-15)12-14-8-4-2-5-9-14/h2-11,16H,12-13,18H2,1H3. The molecule has 4 nitrogen and oxygen atoms in total. The lowest BCUT2D eigenvalue weighted by atomic mass is 10.1. The fourth-order valence-corrected chi connectivity index (χ4v) is 2.12. The predicted octanol–water partition coefficient (Wildman–Crippen LogP) is 2.19. The maximum absolute atomic E-state index is 12.6. The van der Waals surface area contributed by atoms with Gasteiger partial charge in [-0.15, -0.1) is 0 Å². The Kier molecular flexibility index (Phi) is 5.49. The number of rotatable bonds is 6. The minimum atomic E-state index is -0.668. The molecule has 1 amide bonds. The van der Waals surface area contributed by atoms with E-state index in [2.05, 4.69) is 0 Å². The molecule has 2 rings (SSSR count). The lowest BCUT2D eigenvalue weighted by Gasteiger charge is -2.25. The highest BCUT2D eigenvalue weighted by Gasteiger charge is 2.22. The lowest BCUT2D eigenvalue weighted by molar-refractivity contribution is -0.121. The molecule has 0 aliphatic heterocycles. The van der Waals surface area contributed by atoms with Crippen molar-refractivity contribution in [1.29, 1.82) is 0 Å². The highest BCUT2D eigenvalue weighted by atomic mass is 16.5. The van der Waals surface area contributed by atoms with Gasteiger partial charge in [0.1, 0.15) is 6.04 Å². The van der Waals surface area contributed by atoms with Crippen LogP contribution in [0.1, 0.15) is 5.56 Å². The SMILES string of the molecule is COCC(N)C(=O)N(Cc1ccccc1)c1ccccc1. The van der Waals surface area contributed by atoms with Crippen LogP contribution in [0.15, 0.2) is 60.7 Å². The molecule has 110 valence electrons. The summed E-state index contributed by atoms with van der Waals surface area (Å²) < 4.78 is 4.99. The third kappa shape index (κ3) is 4.15. The number of carbonyl (C=O) groups excluding carboxylic acids is 1. The first-order chi connectivity index (χ1) is 10.2. The van der Waals surface area contributed by atoms with Crippen molar-refractivity contribution < 1.29 is 9.53 Å². The Balaban J connectivity index is 2.24. The fraction of sp³-hybridized carbons (Fsp3) is 0.235. The zero-order valence-electron chi connectivity index (χ0n) is 12.1. The van der Waals surface area contributed by atoms with Gasteiger partial charge in [0, 0.05) is 12.8 Å². The molecule has 0 bridgehead atoms. The summed E-state index contributed by atoms with van der Waals surface area (Å²) in [6, 6.07) is 18.7. The average molecular weight is 284 g/mol. The summed E-state index contributed by atoms with van der Waals surface area (Å²) in [5, 5.41) is 0. The summed E-state index contributed by atoms with van der Waals surface area (Å²) >= 11 is 0. The minimum absolute atomic E-state index is 0.146. The number of para-hydroxylation sites is 1. The third-order valence-corrected chi connectivity index (χ3v) is 3.18. The van der Waals surface area contributed by atoms with Crippen LogP contribution in [0.2, 0.25) is 0 Å². The lowest BCUT2D eigenvalue weighted by Crippen LogP contribution is -2.46. The Labute approximate surface area is 125 Å². The van der Waals surface area contributed by atoms with Crippen molar-refractivity contribution in [1.82, 2.24) is 0 Å². The summed E-state index contributed by atoms with van der Waals surface area (Å²) in [5.74, 6) is -0.146. The number of carbonyl (C=O) groups is 1. The highest BCUT2D eigenvalue weighted by molar-refractivity contribution is 5.97. The molecule has 2 aromatic rings. The topological polar surface area (TPSA) is 55.6 Å². The number of benzene rings is 2. The van der Waals surface area contributed by atoms with E-state index in [1.807, 2.05) is 60.7 Å². The molecule has 0 radical (unpaired) electrons. The highest BCUT2D eigenvalue weighted by Crippen LogP contribution is 2.17. The summed E-state index contributed by atoms with van der Waals surface area (Å²) in [7, 11) is 1.54. The van der Waals surface area contributed by atoms with E-state index in [0.717, 1.165) is 11.3 Å². The maximum atomic E-state index is 12.6. The predicted molar refractivity (Wildman–Crippen MR) is 83.9 cm³/mol. The first-order valence-electron chi connectivity index (χ1n) is 6.87. The van der Waals surface area contributed by atoms with Crippen molar-refractivity contribution >= 4 is 11.6 Å². The molecule has 1 unspecified atom stereocenters. The molecule has 0 heterocycles. The van der Waals surface area contributed by atoms with Crippen LogP contribution in [-0.2, 0) is 16.1 Å². The van der Waals surface area contributed by atoms with Crippen LogP contribution in [0, 0.1) is 0 Å². The first-order valence-corrected chi connectivity index (χ1v) is 6.87. The van der Waals surface area contributed by atoms with Gasteiger partial charge in [-0.1, -0.05) is 48.5 Å². The second kappa shape index (κ2) is 7.57.